The summed E-state index contributed by atoms with van der Waals surface area (Å²) in [5, 5.41) is 5.23. The molecule has 3 nitrogen and oxygen atoms in total. The fourth-order valence-corrected chi connectivity index (χ4v) is 3.77. The highest BCUT2D eigenvalue weighted by Gasteiger charge is 2.21. The van der Waals surface area contributed by atoms with Crippen LogP contribution in [0.4, 0.5) is 11.4 Å². The van der Waals surface area contributed by atoms with E-state index in [1.807, 2.05) is 36.4 Å². The summed E-state index contributed by atoms with van der Waals surface area (Å²) < 4.78 is 1.02. The average molecular weight is 445 g/mol. The van der Waals surface area contributed by atoms with Gasteiger partial charge in [-0.3, -0.25) is 0 Å². The molecular formula is C17H16BrCl2N3S. The summed E-state index contributed by atoms with van der Waals surface area (Å²) in [4.78, 5) is 4.41. The van der Waals surface area contributed by atoms with Crippen molar-refractivity contribution in [2.24, 2.45) is 0 Å². The predicted octanol–water partition coefficient (Wildman–Crippen LogP) is 5.27. The summed E-state index contributed by atoms with van der Waals surface area (Å²) in [6.07, 6.45) is 0. The smallest absolute Gasteiger partial charge is 0.173 e. The zero-order chi connectivity index (χ0) is 17.1. The first kappa shape index (κ1) is 17.8. The largest absolute Gasteiger partial charge is 0.367 e. The maximum atomic E-state index is 6.32. The number of rotatable bonds is 2. The van der Waals surface area contributed by atoms with E-state index < -0.39 is 0 Å². The normalized spacial score (nSPS) is 14.6. The second kappa shape index (κ2) is 7.91. The first-order valence-corrected chi connectivity index (χ1v) is 9.51. The Labute approximate surface area is 165 Å². The Morgan fingerprint density at radius 3 is 2.46 bits per heavy atom. The van der Waals surface area contributed by atoms with Gasteiger partial charge in [0.25, 0.3) is 0 Å². The Morgan fingerprint density at radius 1 is 1.04 bits per heavy atom. The van der Waals surface area contributed by atoms with Crippen LogP contribution >= 0.6 is 51.3 Å². The molecule has 3 rings (SSSR count). The van der Waals surface area contributed by atoms with Crippen molar-refractivity contribution in [1.29, 1.82) is 0 Å². The predicted molar refractivity (Wildman–Crippen MR) is 111 cm³/mol. The van der Waals surface area contributed by atoms with Gasteiger partial charge in [-0.1, -0.05) is 51.3 Å². The molecule has 0 aliphatic carbocycles. The maximum absolute atomic E-state index is 6.32. The van der Waals surface area contributed by atoms with Crippen LogP contribution in [0.1, 0.15) is 0 Å². The van der Waals surface area contributed by atoms with Crippen molar-refractivity contribution < 1.29 is 0 Å². The van der Waals surface area contributed by atoms with Crippen LogP contribution in [0.5, 0.6) is 0 Å². The minimum absolute atomic E-state index is 0.587. The molecule has 0 bridgehead atoms. The monoisotopic (exact) mass is 443 g/mol. The van der Waals surface area contributed by atoms with E-state index in [9.17, 15) is 0 Å². The molecule has 0 unspecified atom stereocenters. The lowest BCUT2D eigenvalue weighted by Crippen LogP contribution is -2.50. The van der Waals surface area contributed by atoms with Crippen LogP contribution < -0.4 is 10.2 Å². The molecule has 0 aromatic heterocycles. The average Bonchev–Trinajstić information content (AvgIpc) is 2.57. The molecule has 1 fully saturated rings. The number of piperazine rings is 1. The summed E-state index contributed by atoms with van der Waals surface area (Å²) >= 11 is 21.4. The van der Waals surface area contributed by atoms with Gasteiger partial charge in [0.15, 0.2) is 5.11 Å². The summed E-state index contributed by atoms with van der Waals surface area (Å²) in [7, 11) is 0. The molecule has 1 aliphatic rings. The van der Waals surface area contributed by atoms with Gasteiger partial charge in [-0.2, -0.15) is 0 Å². The van der Waals surface area contributed by atoms with Crippen LogP contribution in [0.25, 0.3) is 0 Å². The highest BCUT2D eigenvalue weighted by Crippen LogP contribution is 2.32. The van der Waals surface area contributed by atoms with E-state index in [2.05, 4.69) is 31.0 Å². The van der Waals surface area contributed by atoms with Crippen molar-refractivity contribution in [3.63, 3.8) is 0 Å². The zero-order valence-corrected chi connectivity index (χ0v) is 16.7. The SMILES string of the molecule is S=C(Nc1cccc(Br)c1)N1CCN(c2cccc(Cl)c2Cl)CC1. The number of benzene rings is 2. The van der Waals surface area contributed by atoms with Gasteiger partial charge in [-0.25, -0.2) is 0 Å². The second-order valence-corrected chi connectivity index (χ2v) is 7.58. The minimum atomic E-state index is 0.587. The van der Waals surface area contributed by atoms with Crippen molar-refractivity contribution >= 4 is 67.8 Å². The van der Waals surface area contributed by atoms with Crippen LogP contribution in [0.15, 0.2) is 46.9 Å². The first-order chi connectivity index (χ1) is 11.5. The van der Waals surface area contributed by atoms with Gasteiger partial charge in [-0.15, -0.1) is 0 Å². The lowest BCUT2D eigenvalue weighted by atomic mass is 10.2. The highest BCUT2D eigenvalue weighted by molar-refractivity contribution is 9.10. The molecular weight excluding hydrogens is 429 g/mol. The van der Waals surface area contributed by atoms with E-state index in [-0.39, 0.29) is 0 Å². The maximum Gasteiger partial charge on any atom is 0.173 e. The Bertz CT molecular complexity index is 748. The van der Waals surface area contributed by atoms with E-state index in [0.717, 1.165) is 47.1 Å². The molecule has 1 saturated heterocycles. The lowest BCUT2D eigenvalue weighted by molar-refractivity contribution is 0.391. The van der Waals surface area contributed by atoms with Crippen LogP contribution in [0, 0.1) is 0 Å². The summed E-state index contributed by atoms with van der Waals surface area (Å²) in [5.41, 5.74) is 1.96. The fraction of sp³-hybridized carbons (Fsp3) is 0.235. The molecule has 1 heterocycles. The third-order valence-corrected chi connectivity index (χ3v) is 5.58. The van der Waals surface area contributed by atoms with Crippen molar-refractivity contribution in [2.75, 3.05) is 36.4 Å². The van der Waals surface area contributed by atoms with Crippen molar-refractivity contribution in [3.05, 3.63) is 57.0 Å². The molecule has 0 atom stereocenters. The lowest BCUT2D eigenvalue weighted by Gasteiger charge is -2.37. The number of nitrogens with zero attached hydrogens (tertiary/aromatic N) is 2. The standard InChI is InChI=1S/C17H16BrCl2N3S/c18-12-3-1-4-13(11-12)21-17(24)23-9-7-22(8-10-23)15-6-2-5-14(19)16(15)20/h1-6,11H,7-10H2,(H,21,24). The van der Waals surface area contributed by atoms with Crippen LogP contribution in [-0.4, -0.2) is 36.2 Å². The van der Waals surface area contributed by atoms with Crippen molar-refractivity contribution in [1.82, 2.24) is 4.90 Å². The Balaban J connectivity index is 1.60. The second-order valence-electron chi connectivity index (χ2n) is 5.49. The van der Waals surface area contributed by atoms with Gasteiger partial charge in [0, 0.05) is 36.3 Å². The van der Waals surface area contributed by atoms with Crippen LogP contribution in [0.2, 0.25) is 10.0 Å². The molecule has 0 saturated carbocycles. The van der Waals surface area contributed by atoms with Crippen LogP contribution in [-0.2, 0) is 0 Å². The van der Waals surface area contributed by atoms with E-state index in [0.29, 0.717) is 10.0 Å². The van der Waals surface area contributed by atoms with Gasteiger partial charge in [-0.05, 0) is 42.5 Å². The number of anilines is 2. The van der Waals surface area contributed by atoms with Gasteiger partial charge in [0.05, 0.1) is 15.7 Å². The minimum Gasteiger partial charge on any atom is -0.367 e. The van der Waals surface area contributed by atoms with Crippen molar-refractivity contribution in [2.45, 2.75) is 0 Å². The van der Waals surface area contributed by atoms with Crippen molar-refractivity contribution in [3.8, 4) is 0 Å². The Kier molecular flexibility index (Phi) is 5.87. The highest BCUT2D eigenvalue weighted by atomic mass is 79.9. The topological polar surface area (TPSA) is 18.5 Å². The first-order valence-electron chi connectivity index (χ1n) is 7.55. The molecule has 2 aromatic rings. The Morgan fingerprint density at radius 2 is 1.75 bits per heavy atom. The third-order valence-electron chi connectivity index (χ3n) is 3.91. The molecule has 0 amide bonds. The van der Waals surface area contributed by atoms with E-state index in [1.165, 1.54) is 0 Å². The molecule has 0 spiro atoms. The molecule has 7 heteroatoms. The number of hydrogen-bond acceptors (Lipinski definition) is 2. The number of thiocarbonyl (C=S) groups is 1. The van der Waals surface area contributed by atoms with Crippen LogP contribution in [0.3, 0.4) is 0 Å². The molecule has 1 aliphatic heterocycles. The van der Waals surface area contributed by atoms with E-state index in [1.54, 1.807) is 6.07 Å². The van der Waals surface area contributed by atoms with Gasteiger partial charge in [0.1, 0.15) is 0 Å². The number of hydrogen-bond donors (Lipinski definition) is 1. The summed E-state index contributed by atoms with van der Waals surface area (Å²) in [5.74, 6) is 0. The Hall–Kier alpha value is -1.01. The molecule has 0 radical (unpaired) electrons. The zero-order valence-electron chi connectivity index (χ0n) is 12.8. The molecule has 2 aromatic carbocycles. The molecule has 126 valence electrons. The van der Waals surface area contributed by atoms with Gasteiger partial charge in [0.2, 0.25) is 0 Å². The quantitative estimate of drug-likeness (QED) is 0.635. The van der Waals surface area contributed by atoms with Gasteiger partial charge >= 0.3 is 0 Å². The van der Waals surface area contributed by atoms with E-state index in [4.69, 9.17) is 35.4 Å². The summed E-state index contributed by atoms with van der Waals surface area (Å²) in [6, 6.07) is 13.7. The number of nitrogens with one attached hydrogen (secondary N) is 1. The molecule has 24 heavy (non-hydrogen) atoms. The third kappa shape index (κ3) is 4.14. The van der Waals surface area contributed by atoms with Gasteiger partial charge < -0.3 is 15.1 Å². The fourth-order valence-electron chi connectivity index (χ4n) is 2.66. The molecule has 1 N–H and O–H groups in total. The summed E-state index contributed by atoms with van der Waals surface area (Å²) in [6.45, 7) is 3.37. The van der Waals surface area contributed by atoms with E-state index >= 15 is 0 Å². The number of halogens is 3.